The Balaban J connectivity index is 1.23. The molecule has 0 bridgehead atoms. The molecule has 0 spiro atoms. The normalized spacial score (nSPS) is 24.9. The van der Waals surface area contributed by atoms with Crippen molar-refractivity contribution in [2.75, 3.05) is 25.4 Å². The van der Waals surface area contributed by atoms with Gasteiger partial charge in [-0.25, -0.2) is 23.4 Å². The summed E-state index contributed by atoms with van der Waals surface area (Å²) in [5, 5.41) is 2.13. The number of aromatic nitrogens is 4. The van der Waals surface area contributed by atoms with Gasteiger partial charge in [-0.1, -0.05) is 13.8 Å². The maximum atomic E-state index is 13.2. The zero-order valence-electron chi connectivity index (χ0n) is 20.1. The van der Waals surface area contributed by atoms with Crippen LogP contribution in [0.3, 0.4) is 0 Å². The van der Waals surface area contributed by atoms with Crippen LogP contribution in [-0.4, -0.2) is 64.2 Å². The third kappa shape index (κ3) is 4.97. The van der Waals surface area contributed by atoms with E-state index in [4.69, 9.17) is 4.74 Å². The average Bonchev–Trinajstić information content (AvgIpc) is 3.32. The van der Waals surface area contributed by atoms with Crippen LogP contribution in [0.1, 0.15) is 64.0 Å². The van der Waals surface area contributed by atoms with Gasteiger partial charge in [-0.3, -0.25) is 0 Å². The second-order valence-corrected chi connectivity index (χ2v) is 12.4. The molecular formula is C25H35N5O3S. The minimum atomic E-state index is -3.27. The lowest BCUT2D eigenvalue weighted by atomic mass is 9.80. The second-order valence-electron chi connectivity index (χ2n) is 10.4. The van der Waals surface area contributed by atoms with Crippen molar-refractivity contribution in [3.05, 3.63) is 30.5 Å². The molecule has 0 aromatic carbocycles. The Bertz CT molecular complexity index is 1230. The number of H-pyrrole nitrogens is 1. The number of pyridine rings is 1. The van der Waals surface area contributed by atoms with Crippen molar-refractivity contribution in [2.45, 2.75) is 64.4 Å². The van der Waals surface area contributed by atoms with Crippen LogP contribution in [0, 0.1) is 11.8 Å². The van der Waals surface area contributed by atoms with Gasteiger partial charge in [0.2, 0.25) is 10.0 Å². The Labute approximate surface area is 201 Å². The van der Waals surface area contributed by atoms with Gasteiger partial charge in [0.05, 0.1) is 29.9 Å². The van der Waals surface area contributed by atoms with E-state index in [1.165, 1.54) is 5.69 Å². The number of nitrogens with one attached hydrogen (secondary N) is 1. The standard InChI is InChI=1S/C25H35N5O3S/c1-17(2)14-33-20-4-3-11-30(13-20)34(31,32)15-18-5-7-19(8-6-18)24-23-21-9-10-26-25(21)27-12-22(23)28-16-29-24/h9-10,12,16-20H,3-8,11,13-15H2,1-2H3,(H,28,29). The van der Waals surface area contributed by atoms with Gasteiger partial charge < -0.3 is 9.72 Å². The Morgan fingerprint density at radius 1 is 1.15 bits per heavy atom. The predicted octanol–water partition coefficient (Wildman–Crippen LogP) is 4.25. The summed E-state index contributed by atoms with van der Waals surface area (Å²) in [6.07, 6.45) is 10.9. The Kier molecular flexibility index (Phi) is 6.86. The highest BCUT2D eigenvalue weighted by Gasteiger charge is 2.33. The highest BCUT2D eigenvalue weighted by Crippen LogP contribution is 2.39. The first-order valence-corrected chi connectivity index (χ1v) is 14.2. The SMILES string of the molecule is CC(C)COC1CCCN(S(=O)(=O)CC2CCC(c3[nH]cnc4cnc5nccc5c34)CC2)C1. The molecule has 1 N–H and O–H groups in total. The largest absolute Gasteiger partial charge is 0.377 e. The van der Waals surface area contributed by atoms with Crippen LogP contribution < -0.4 is 0 Å². The molecule has 1 atom stereocenters. The van der Waals surface area contributed by atoms with Crippen LogP contribution in [0.5, 0.6) is 0 Å². The van der Waals surface area contributed by atoms with Gasteiger partial charge in [-0.15, -0.1) is 0 Å². The molecule has 1 aliphatic heterocycles. The summed E-state index contributed by atoms with van der Waals surface area (Å²) in [6.45, 7) is 6.05. The second kappa shape index (κ2) is 9.87. The molecule has 2 aliphatic rings. The molecule has 184 valence electrons. The first-order chi connectivity index (χ1) is 16.4. The van der Waals surface area contributed by atoms with Crippen molar-refractivity contribution in [1.82, 2.24) is 24.2 Å². The summed E-state index contributed by atoms with van der Waals surface area (Å²) in [7, 11) is -3.27. The van der Waals surface area contributed by atoms with E-state index in [1.54, 1.807) is 23.0 Å². The van der Waals surface area contributed by atoms with Crippen molar-refractivity contribution < 1.29 is 13.2 Å². The van der Waals surface area contributed by atoms with E-state index in [0.717, 1.165) is 60.5 Å². The number of piperidine rings is 1. The average molecular weight is 486 g/mol. The van der Waals surface area contributed by atoms with Gasteiger partial charge in [0.1, 0.15) is 0 Å². The lowest BCUT2D eigenvalue weighted by Gasteiger charge is -2.34. The maximum Gasteiger partial charge on any atom is 0.214 e. The van der Waals surface area contributed by atoms with Crippen molar-refractivity contribution in [3.63, 3.8) is 0 Å². The smallest absolute Gasteiger partial charge is 0.214 e. The van der Waals surface area contributed by atoms with E-state index in [-0.39, 0.29) is 17.8 Å². The highest BCUT2D eigenvalue weighted by molar-refractivity contribution is 7.89. The number of sulfonamides is 1. The number of ether oxygens (including phenoxy) is 1. The predicted molar refractivity (Wildman–Crippen MR) is 133 cm³/mol. The van der Waals surface area contributed by atoms with Crippen LogP contribution >= 0.6 is 0 Å². The maximum absolute atomic E-state index is 13.2. The van der Waals surface area contributed by atoms with E-state index < -0.39 is 10.0 Å². The summed E-state index contributed by atoms with van der Waals surface area (Å²) in [5.74, 6) is 1.26. The fourth-order valence-corrected chi connectivity index (χ4v) is 7.48. The van der Waals surface area contributed by atoms with Crippen molar-refractivity contribution >= 4 is 32.0 Å². The Hall–Kier alpha value is -2.10. The van der Waals surface area contributed by atoms with Crippen LogP contribution in [0.25, 0.3) is 21.9 Å². The molecule has 0 amide bonds. The Morgan fingerprint density at radius 2 is 1.97 bits per heavy atom. The van der Waals surface area contributed by atoms with Crippen molar-refractivity contribution in [1.29, 1.82) is 0 Å². The zero-order chi connectivity index (χ0) is 23.7. The monoisotopic (exact) mass is 485 g/mol. The first kappa shape index (κ1) is 23.6. The topological polar surface area (TPSA) is 101 Å². The number of fused-ring (bicyclic) bond motifs is 3. The minimum absolute atomic E-state index is 0.0224. The Morgan fingerprint density at radius 3 is 2.76 bits per heavy atom. The molecule has 1 saturated carbocycles. The van der Waals surface area contributed by atoms with E-state index in [9.17, 15) is 8.42 Å². The molecule has 1 saturated heterocycles. The summed E-state index contributed by atoms with van der Waals surface area (Å²) < 4.78 is 34.1. The van der Waals surface area contributed by atoms with Gasteiger partial charge >= 0.3 is 0 Å². The molecular weight excluding hydrogens is 450 g/mol. The van der Waals surface area contributed by atoms with Gasteiger partial charge in [0.25, 0.3) is 0 Å². The molecule has 8 nitrogen and oxygen atoms in total. The number of hydrogen-bond acceptors (Lipinski definition) is 6. The number of rotatable bonds is 7. The van der Waals surface area contributed by atoms with E-state index in [2.05, 4.69) is 33.8 Å². The van der Waals surface area contributed by atoms with Gasteiger partial charge in [-0.05, 0) is 62.3 Å². The molecule has 34 heavy (non-hydrogen) atoms. The zero-order valence-corrected chi connectivity index (χ0v) is 20.9. The fraction of sp³-hybridized carbons (Fsp3) is 0.640. The summed E-state index contributed by atoms with van der Waals surface area (Å²) >= 11 is 0. The van der Waals surface area contributed by atoms with Crippen LogP contribution in [0.4, 0.5) is 0 Å². The summed E-state index contributed by atoms with van der Waals surface area (Å²) in [4.78, 5) is 16.6. The lowest BCUT2D eigenvalue weighted by Crippen LogP contribution is -2.45. The van der Waals surface area contributed by atoms with Crippen molar-refractivity contribution in [3.8, 4) is 0 Å². The van der Waals surface area contributed by atoms with E-state index >= 15 is 0 Å². The molecule has 3 aromatic rings. The number of nitrogens with zero attached hydrogens (tertiary/aromatic N) is 4. The minimum Gasteiger partial charge on any atom is -0.377 e. The van der Waals surface area contributed by atoms with Gasteiger partial charge in [-0.2, -0.15) is 4.31 Å². The third-order valence-corrected chi connectivity index (χ3v) is 9.32. The fourth-order valence-electron chi connectivity index (χ4n) is 5.54. The molecule has 9 heteroatoms. The molecule has 4 heterocycles. The van der Waals surface area contributed by atoms with E-state index in [1.807, 2.05) is 6.07 Å². The first-order valence-electron chi connectivity index (χ1n) is 12.6. The summed E-state index contributed by atoms with van der Waals surface area (Å²) in [5.41, 5.74) is 2.79. The molecule has 1 unspecified atom stereocenters. The van der Waals surface area contributed by atoms with Gasteiger partial charge in [0, 0.05) is 42.4 Å². The molecule has 0 radical (unpaired) electrons. The van der Waals surface area contributed by atoms with Crippen LogP contribution in [0.2, 0.25) is 0 Å². The quantitative estimate of drug-likeness (QED) is 0.537. The third-order valence-electron chi connectivity index (χ3n) is 7.31. The van der Waals surface area contributed by atoms with E-state index in [0.29, 0.717) is 31.5 Å². The number of hydrogen-bond donors (Lipinski definition) is 1. The molecule has 1 aliphatic carbocycles. The number of aromatic amines is 1. The van der Waals surface area contributed by atoms with Crippen molar-refractivity contribution in [2.24, 2.45) is 11.8 Å². The molecule has 5 rings (SSSR count). The van der Waals surface area contributed by atoms with Gasteiger partial charge in [0.15, 0.2) is 5.65 Å². The van der Waals surface area contributed by atoms with Crippen LogP contribution in [0.15, 0.2) is 24.8 Å². The van der Waals surface area contributed by atoms with Crippen LogP contribution in [-0.2, 0) is 14.8 Å². The molecule has 2 fully saturated rings. The highest BCUT2D eigenvalue weighted by atomic mass is 32.2. The lowest BCUT2D eigenvalue weighted by molar-refractivity contribution is 0.00547. The molecule has 3 aromatic heterocycles. The summed E-state index contributed by atoms with van der Waals surface area (Å²) in [6, 6.07) is 2.00.